The molecule has 3 heteroatoms. The normalized spacial score (nSPS) is 21.1. The van der Waals surface area contributed by atoms with Gasteiger partial charge in [0.2, 0.25) is 5.91 Å². The summed E-state index contributed by atoms with van der Waals surface area (Å²) < 4.78 is 0. The van der Waals surface area contributed by atoms with E-state index in [9.17, 15) is 4.79 Å². The van der Waals surface area contributed by atoms with Gasteiger partial charge in [0, 0.05) is 17.5 Å². The van der Waals surface area contributed by atoms with Crippen molar-refractivity contribution in [2.45, 2.75) is 70.4 Å². The van der Waals surface area contributed by atoms with E-state index in [1.807, 2.05) is 13.8 Å². The summed E-state index contributed by atoms with van der Waals surface area (Å²) in [4.78, 5) is 11.7. The van der Waals surface area contributed by atoms with Crippen LogP contribution in [0.1, 0.15) is 59.3 Å². The maximum Gasteiger partial charge on any atom is 0.222 e. The van der Waals surface area contributed by atoms with Crippen LogP contribution in [0, 0.1) is 0 Å². The Balaban J connectivity index is 2.42. The third-order valence-electron chi connectivity index (χ3n) is 3.01. The number of hydrogen-bond acceptors (Lipinski definition) is 2. The highest BCUT2D eigenvalue weighted by Crippen LogP contribution is 2.27. The molecule has 0 atom stereocenters. The van der Waals surface area contributed by atoms with Gasteiger partial charge in [-0.1, -0.05) is 19.3 Å². The summed E-state index contributed by atoms with van der Waals surface area (Å²) in [6.07, 6.45) is 6.36. The molecule has 88 valence electrons. The van der Waals surface area contributed by atoms with Gasteiger partial charge in [0.05, 0.1) is 0 Å². The molecule has 1 aliphatic rings. The summed E-state index contributed by atoms with van der Waals surface area (Å²) in [5.41, 5.74) is 5.43. The van der Waals surface area contributed by atoms with E-state index in [0.29, 0.717) is 6.42 Å². The van der Waals surface area contributed by atoms with Crippen LogP contribution in [0.4, 0.5) is 0 Å². The fourth-order valence-corrected chi connectivity index (χ4v) is 2.25. The Kier molecular flexibility index (Phi) is 3.77. The van der Waals surface area contributed by atoms with Crippen LogP contribution in [-0.4, -0.2) is 17.0 Å². The van der Waals surface area contributed by atoms with Crippen molar-refractivity contribution < 1.29 is 4.79 Å². The van der Waals surface area contributed by atoms with E-state index >= 15 is 0 Å². The van der Waals surface area contributed by atoms with Crippen molar-refractivity contribution in [3.05, 3.63) is 0 Å². The van der Waals surface area contributed by atoms with Gasteiger partial charge in [0.25, 0.3) is 0 Å². The lowest BCUT2D eigenvalue weighted by molar-refractivity contribution is -0.124. The van der Waals surface area contributed by atoms with Crippen molar-refractivity contribution in [2.75, 3.05) is 0 Å². The molecule has 0 unspecified atom stereocenters. The lowest BCUT2D eigenvalue weighted by Gasteiger charge is -2.35. The van der Waals surface area contributed by atoms with Gasteiger partial charge in [0.15, 0.2) is 0 Å². The molecule has 0 bridgehead atoms. The van der Waals surface area contributed by atoms with Gasteiger partial charge in [-0.2, -0.15) is 0 Å². The zero-order valence-corrected chi connectivity index (χ0v) is 10.2. The second-order valence-electron chi connectivity index (χ2n) is 5.83. The quantitative estimate of drug-likeness (QED) is 0.751. The smallest absolute Gasteiger partial charge is 0.222 e. The zero-order chi connectivity index (χ0) is 11.5. The lowest BCUT2D eigenvalue weighted by atomic mass is 9.83. The molecule has 0 aliphatic heterocycles. The van der Waals surface area contributed by atoms with Crippen LogP contribution in [0.15, 0.2) is 0 Å². The van der Waals surface area contributed by atoms with Crippen LogP contribution in [-0.2, 0) is 4.79 Å². The Labute approximate surface area is 92.8 Å². The van der Waals surface area contributed by atoms with Gasteiger partial charge in [-0.05, 0) is 33.6 Å². The molecule has 3 nitrogen and oxygen atoms in total. The molecule has 0 aromatic carbocycles. The van der Waals surface area contributed by atoms with E-state index in [4.69, 9.17) is 5.73 Å². The number of amides is 1. The largest absolute Gasteiger partial charge is 0.351 e. The van der Waals surface area contributed by atoms with E-state index in [0.717, 1.165) is 12.8 Å². The Morgan fingerprint density at radius 2 is 1.87 bits per heavy atom. The van der Waals surface area contributed by atoms with Crippen LogP contribution in [0.5, 0.6) is 0 Å². The minimum absolute atomic E-state index is 0.0145. The average Bonchev–Trinajstić information content (AvgIpc) is 1.99. The number of rotatable bonds is 3. The topological polar surface area (TPSA) is 55.1 Å². The number of nitrogens with one attached hydrogen (secondary N) is 1. The summed E-state index contributed by atoms with van der Waals surface area (Å²) in [7, 11) is 0. The predicted octanol–water partition coefficient (Wildman–Crippen LogP) is 1.95. The highest BCUT2D eigenvalue weighted by molar-refractivity contribution is 5.77. The first-order chi connectivity index (χ1) is 6.81. The van der Waals surface area contributed by atoms with Gasteiger partial charge < -0.3 is 11.1 Å². The van der Waals surface area contributed by atoms with Crippen molar-refractivity contribution in [3.8, 4) is 0 Å². The van der Waals surface area contributed by atoms with E-state index in [1.54, 1.807) is 0 Å². The standard InChI is InChI=1S/C12H24N2O/c1-11(2,13)9-10(15)14-12(3)7-5-4-6-8-12/h4-9,13H2,1-3H3,(H,14,15). The first-order valence-corrected chi connectivity index (χ1v) is 5.91. The summed E-state index contributed by atoms with van der Waals surface area (Å²) in [6.45, 7) is 5.92. The van der Waals surface area contributed by atoms with Gasteiger partial charge in [-0.15, -0.1) is 0 Å². The Bertz CT molecular complexity index is 224. The lowest BCUT2D eigenvalue weighted by Crippen LogP contribution is -2.50. The molecule has 0 aromatic rings. The van der Waals surface area contributed by atoms with E-state index in [2.05, 4.69) is 12.2 Å². The Morgan fingerprint density at radius 3 is 2.33 bits per heavy atom. The molecule has 0 saturated heterocycles. The van der Waals surface area contributed by atoms with Crippen molar-refractivity contribution in [3.63, 3.8) is 0 Å². The minimum Gasteiger partial charge on any atom is -0.351 e. The van der Waals surface area contributed by atoms with Gasteiger partial charge >= 0.3 is 0 Å². The van der Waals surface area contributed by atoms with E-state index in [1.165, 1.54) is 19.3 Å². The van der Waals surface area contributed by atoms with Gasteiger partial charge in [-0.3, -0.25) is 4.79 Å². The molecule has 1 rings (SSSR count). The van der Waals surface area contributed by atoms with Crippen molar-refractivity contribution in [2.24, 2.45) is 5.73 Å². The van der Waals surface area contributed by atoms with Crippen LogP contribution < -0.4 is 11.1 Å². The molecule has 0 spiro atoms. The second-order valence-corrected chi connectivity index (χ2v) is 5.83. The maximum atomic E-state index is 11.7. The average molecular weight is 212 g/mol. The second kappa shape index (κ2) is 4.52. The van der Waals surface area contributed by atoms with E-state index < -0.39 is 5.54 Å². The fraction of sp³-hybridized carbons (Fsp3) is 0.917. The molecule has 1 fully saturated rings. The van der Waals surface area contributed by atoms with Crippen LogP contribution in [0.3, 0.4) is 0 Å². The molecular weight excluding hydrogens is 188 g/mol. The Morgan fingerprint density at radius 1 is 1.33 bits per heavy atom. The number of hydrogen-bond donors (Lipinski definition) is 2. The molecule has 0 heterocycles. The third-order valence-corrected chi connectivity index (χ3v) is 3.01. The number of carbonyl (C=O) groups is 1. The summed E-state index contributed by atoms with van der Waals surface area (Å²) in [6, 6.07) is 0. The molecular formula is C12H24N2O. The van der Waals surface area contributed by atoms with Crippen LogP contribution >= 0.6 is 0 Å². The van der Waals surface area contributed by atoms with Crippen molar-refractivity contribution in [1.29, 1.82) is 0 Å². The summed E-state index contributed by atoms with van der Waals surface area (Å²) in [5.74, 6) is 0.0897. The highest BCUT2D eigenvalue weighted by Gasteiger charge is 2.29. The first kappa shape index (κ1) is 12.5. The molecule has 0 aromatic heterocycles. The Hall–Kier alpha value is -0.570. The maximum absolute atomic E-state index is 11.7. The number of carbonyl (C=O) groups excluding carboxylic acids is 1. The van der Waals surface area contributed by atoms with Crippen LogP contribution in [0.25, 0.3) is 0 Å². The summed E-state index contributed by atoms with van der Waals surface area (Å²) >= 11 is 0. The van der Waals surface area contributed by atoms with Crippen molar-refractivity contribution >= 4 is 5.91 Å². The van der Waals surface area contributed by atoms with Gasteiger partial charge in [0.1, 0.15) is 0 Å². The van der Waals surface area contributed by atoms with Crippen molar-refractivity contribution in [1.82, 2.24) is 5.32 Å². The molecule has 1 saturated carbocycles. The molecule has 3 N–H and O–H groups in total. The fourth-order valence-electron chi connectivity index (χ4n) is 2.25. The zero-order valence-electron chi connectivity index (χ0n) is 10.2. The summed E-state index contributed by atoms with van der Waals surface area (Å²) in [5, 5.41) is 3.13. The molecule has 1 aliphatic carbocycles. The number of nitrogens with two attached hydrogens (primary N) is 1. The third kappa shape index (κ3) is 4.65. The molecule has 15 heavy (non-hydrogen) atoms. The minimum atomic E-state index is -0.408. The van der Waals surface area contributed by atoms with Crippen LogP contribution in [0.2, 0.25) is 0 Å². The molecule has 1 amide bonds. The SMILES string of the molecule is CC(C)(N)CC(=O)NC1(C)CCCCC1. The monoisotopic (exact) mass is 212 g/mol. The van der Waals surface area contributed by atoms with Gasteiger partial charge in [-0.25, -0.2) is 0 Å². The highest BCUT2D eigenvalue weighted by atomic mass is 16.1. The first-order valence-electron chi connectivity index (χ1n) is 5.91. The molecule has 0 radical (unpaired) electrons. The predicted molar refractivity (Wildman–Crippen MR) is 62.5 cm³/mol. The van der Waals surface area contributed by atoms with E-state index in [-0.39, 0.29) is 11.4 Å².